The first kappa shape index (κ1) is 21.1. The molecule has 8 nitrogen and oxygen atoms in total. The Kier molecular flexibility index (Phi) is 4.70. The molecule has 2 aromatic carbocycles. The van der Waals surface area contributed by atoms with Gasteiger partial charge in [-0.3, -0.25) is 18.9 Å². The predicted molar refractivity (Wildman–Crippen MR) is 131 cm³/mol. The molecule has 1 saturated heterocycles. The van der Waals surface area contributed by atoms with Gasteiger partial charge in [0.05, 0.1) is 0 Å². The minimum Gasteiger partial charge on any atom is -0.319 e. The normalized spacial score (nSPS) is 18.8. The van der Waals surface area contributed by atoms with E-state index in [2.05, 4.69) is 10.6 Å². The number of carbonyl (C=O) groups is 3. The Bertz CT molecular complexity index is 1510. The van der Waals surface area contributed by atoms with Gasteiger partial charge in [-0.25, -0.2) is 9.78 Å². The van der Waals surface area contributed by atoms with Crippen LogP contribution in [0.15, 0.2) is 72.9 Å². The fourth-order valence-corrected chi connectivity index (χ4v) is 5.17. The molecule has 1 aliphatic carbocycles. The number of benzene rings is 2. The Balaban J connectivity index is 1.31. The van der Waals surface area contributed by atoms with Crippen molar-refractivity contribution >= 4 is 29.3 Å². The van der Waals surface area contributed by atoms with Gasteiger partial charge in [0.25, 0.3) is 5.91 Å². The van der Waals surface area contributed by atoms with Gasteiger partial charge in [0.2, 0.25) is 5.91 Å². The first-order valence-corrected chi connectivity index (χ1v) is 11.5. The van der Waals surface area contributed by atoms with E-state index in [-0.39, 0.29) is 12.5 Å². The number of nitrogens with one attached hydrogen (secondary N) is 2. The molecular formula is C27H23N5O3. The highest BCUT2D eigenvalue weighted by atomic mass is 16.2. The lowest BCUT2D eigenvalue weighted by Crippen LogP contribution is -2.43. The van der Waals surface area contributed by atoms with Gasteiger partial charge in [0.1, 0.15) is 29.2 Å². The smallest absolute Gasteiger partial charge is 0.319 e. The molecule has 2 N–H and O–H groups in total. The maximum atomic E-state index is 13.4. The van der Waals surface area contributed by atoms with E-state index in [9.17, 15) is 14.4 Å². The highest BCUT2D eigenvalue weighted by Gasteiger charge is 2.55. The summed E-state index contributed by atoms with van der Waals surface area (Å²) in [6.07, 6.45) is 3.01. The largest absolute Gasteiger partial charge is 0.325 e. The van der Waals surface area contributed by atoms with Gasteiger partial charge in [0.15, 0.2) is 0 Å². The summed E-state index contributed by atoms with van der Waals surface area (Å²) in [4.78, 5) is 45.2. The van der Waals surface area contributed by atoms with Gasteiger partial charge in [-0.05, 0) is 42.5 Å². The molecule has 6 rings (SSSR count). The first-order chi connectivity index (χ1) is 17.0. The van der Waals surface area contributed by atoms with E-state index in [1.807, 2.05) is 84.3 Å². The van der Waals surface area contributed by atoms with Crippen LogP contribution in [0.3, 0.4) is 0 Å². The number of hydrogen-bond donors (Lipinski definition) is 2. The number of hydrogen-bond acceptors (Lipinski definition) is 4. The summed E-state index contributed by atoms with van der Waals surface area (Å²) < 4.78 is 1.82. The maximum absolute atomic E-state index is 13.4. The number of urea groups is 1. The lowest BCUT2D eigenvalue weighted by molar-refractivity contribution is -0.134. The van der Waals surface area contributed by atoms with E-state index in [4.69, 9.17) is 4.98 Å². The second kappa shape index (κ2) is 7.80. The van der Waals surface area contributed by atoms with Crippen molar-refractivity contribution in [1.29, 1.82) is 0 Å². The number of carbonyl (C=O) groups excluding carboxylic acids is 3. The zero-order valence-electron chi connectivity index (χ0n) is 19.1. The third-order valence-corrected chi connectivity index (χ3v) is 6.87. The summed E-state index contributed by atoms with van der Waals surface area (Å²) in [5.41, 5.74) is 3.91. The standard InChI is InChI=1S/C27H23N5O3/c1-17-8-7-15-31-23(17)29-22(19-10-3-2-4-11-19)24(31)28-21(33)16-32-25(34)27(30-26(32)35)14-13-18-9-5-6-12-20(18)27/h2-12,15H,13-14,16H2,1H3,(H,28,33)(H,30,35). The lowest BCUT2D eigenvalue weighted by Gasteiger charge is -2.22. The van der Waals surface area contributed by atoms with Crippen LogP contribution in [0.25, 0.3) is 16.9 Å². The summed E-state index contributed by atoms with van der Waals surface area (Å²) in [5.74, 6) is -0.370. The molecule has 1 fully saturated rings. The molecule has 0 saturated carbocycles. The second-order valence-corrected chi connectivity index (χ2v) is 8.99. The number of aryl methyl sites for hydroxylation is 2. The number of fused-ring (bicyclic) bond motifs is 3. The van der Waals surface area contributed by atoms with Crippen molar-refractivity contribution in [2.45, 2.75) is 25.3 Å². The van der Waals surface area contributed by atoms with Crippen LogP contribution in [-0.2, 0) is 21.5 Å². The molecule has 1 aliphatic heterocycles. The van der Waals surface area contributed by atoms with Gasteiger partial charge in [-0.2, -0.15) is 0 Å². The van der Waals surface area contributed by atoms with Crippen molar-refractivity contribution in [3.63, 3.8) is 0 Å². The van der Waals surface area contributed by atoms with Crippen molar-refractivity contribution < 1.29 is 14.4 Å². The third-order valence-electron chi connectivity index (χ3n) is 6.87. The van der Waals surface area contributed by atoms with Gasteiger partial charge < -0.3 is 10.6 Å². The van der Waals surface area contributed by atoms with E-state index in [1.54, 1.807) is 0 Å². The SMILES string of the molecule is Cc1cccn2c(NC(=O)CN3C(=O)NC4(CCc5ccccc54)C3=O)c(-c3ccccc3)nc12. The average molecular weight is 466 g/mol. The van der Waals surface area contributed by atoms with Crippen molar-refractivity contribution in [2.75, 3.05) is 11.9 Å². The minimum absolute atomic E-state index is 0.387. The zero-order chi connectivity index (χ0) is 24.2. The monoisotopic (exact) mass is 465 g/mol. The molecule has 4 aromatic rings. The van der Waals surface area contributed by atoms with Gasteiger partial charge in [-0.15, -0.1) is 0 Å². The highest BCUT2D eigenvalue weighted by molar-refractivity contribution is 6.11. The average Bonchev–Trinajstić information content (AvgIpc) is 3.50. The topological polar surface area (TPSA) is 95.8 Å². The second-order valence-electron chi connectivity index (χ2n) is 8.99. The zero-order valence-corrected chi connectivity index (χ0v) is 19.1. The summed E-state index contributed by atoms with van der Waals surface area (Å²) >= 11 is 0. The number of imide groups is 1. The van der Waals surface area contributed by atoms with E-state index in [0.717, 1.165) is 32.8 Å². The number of rotatable bonds is 4. The quantitative estimate of drug-likeness (QED) is 0.450. The number of nitrogens with zero attached hydrogens (tertiary/aromatic N) is 3. The Morgan fingerprint density at radius 2 is 1.83 bits per heavy atom. The Morgan fingerprint density at radius 1 is 1.06 bits per heavy atom. The molecule has 2 aromatic heterocycles. The maximum Gasteiger partial charge on any atom is 0.325 e. The van der Waals surface area contributed by atoms with E-state index >= 15 is 0 Å². The fourth-order valence-electron chi connectivity index (χ4n) is 5.17. The summed E-state index contributed by atoms with van der Waals surface area (Å²) in [6, 6.07) is 20.5. The fraction of sp³-hybridized carbons (Fsp3) is 0.185. The van der Waals surface area contributed by atoms with Crippen LogP contribution >= 0.6 is 0 Å². The molecule has 35 heavy (non-hydrogen) atoms. The molecule has 1 spiro atoms. The number of anilines is 1. The Hall–Kier alpha value is -4.46. The Labute approximate surface area is 201 Å². The van der Waals surface area contributed by atoms with E-state index in [1.165, 1.54) is 0 Å². The summed E-state index contributed by atoms with van der Waals surface area (Å²) in [7, 11) is 0. The molecule has 2 aliphatic rings. The Morgan fingerprint density at radius 3 is 2.66 bits per heavy atom. The number of aromatic nitrogens is 2. The van der Waals surface area contributed by atoms with Crippen LogP contribution in [0.2, 0.25) is 0 Å². The van der Waals surface area contributed by atoms with Gasteiger partial charge in [-0.1, -0.05) is 60.7 Å². The van der Waals surface area contributed by atoms with Crippen molar-refractivity contribution in [3.05, 3.63) is 89.6 Å². The molecule has 3 heterocycles. The van der Waals surface area contributed by atoms with Crippen LogP contribution in [0.1, 0.15) is 23.1 Å². The van der Waals surface area contributed by atoms with Crippen molar-refractivity contribution in [1.82, 2.24) is 19.6 Å². The molecule has 0 bridgehead atoms. The summed E-state index contributed by atoms with van der Waals surface area (Å²) in [5, 5.41) is 5.78. The number of imidazole rings is 1. The predicted octanol–water partition coefficient (Wildman–Crippen LogP) is 3.64. The van der Waals surface area contributed by atoms with Crippen LogP contribution in [0.5, 0.6) is 0 Å². The summed E-state index contributed by atoms with van der Waals surface area (Å²) in [6.45, 7) is 1.57. The lowest BCUT2D eigenvalue weighted by atomic mass is 9.92. The molecule has 4 amide bonds. The van der Waals surface area contributed by atoms with Crippen LogP contribution < -0.4 is 10.6 Å². The van der Waals surface area contributed by atoms with E-state index in [0.29, 0.717) is 24.4 Å². The number of pyridine rings is 1. The molecule has 174 valence electrons. The van der Waals surface area contributed by atoms with Crippen molar-refractivity contribution in [3.8, 4) is 11.3 Å². The van der Waals surface area contributed by atoms with Crippen LogP contribution in [0.4, 0.5) is 10.6 Å². The third kappa shape index (κ3) is 3.21. The van der Waals surface area contributed by atoms with Crippen LogP contribution in [-0.4, -0.2) is 38.7 Å². The highest BCUT2D eigenvalue weighted by Crippen LogP contribution is 2.41. The van der Waals surface area contributed by atoms with Gasteiger partial charge in [0, 0.05) is 11.8 Å². The number of amides is 4. The molecule has 1 atom stereocenters. The van der Waals surface area contributed by atoms with Crippen LogP contribution in [0, 0.1) is 6.92 Å². The molecular weight excluding hydrogens is 442 g/mol. The molecule has 8 heteroatoms. The van der Waals surface area contributed by atoms with Gasteiger partial charge >= 0.3 is 6.03 Å². The minimum atomic E-state index is -1.09. The van der Waals surface area contributed by atoms with Crippen molar-refractivity contribution in [2.24, 2.45) is 0 Å². The molecule has 0 radical (unpaired) electrons. The van der Waals surface area contributed by atoms with E-state index < -0.39 is 17.5 Å². The first-order valence-electron chi connectivity index (χ1n) is 11.5. The molecule has 1 unspecified atom stereocenters.